The molecule has 0 bridgehead atoms. The summed E-state index contributed by atoms with van der Waals surface area (Å²) in [5, 5.41) is 0. The summed E-state index contributed by atoms with van der Waals surface area (Å²) in [5.41, 5.74) is 1.75. The van der Waals surface area contributed by atoms with Gasteiger partial charge in [-0.25, -0.2) is 9.97 Å². The zero-order chi connectivity index (χ0) is 18.6. The zero-order valence-electron chi connectivity index (χ0n) is 15.5. The van der Waals surface area contributed by atoms with Crippen LogP contribution in [0.1, 0.15) is 47.6 Å². The topological polar surface area (TPSA) is 63.9 Å². The van der Waals surface area contributed by atoms with Crippen LogP contribution in [0.3, 0.4) is 0 Å². The summed E-state index contributed by atoms with van der Waals surface area (Å²) in [6, 6.07) is 9.49. The Morgan fingerprint density at radius 2 is 1.93 bits per heavy atom. The Bertz CT molecular complexity index is 913. The first kappa shape index (κ1) is 17.4. The molecule has 0 saturated carbocycles. The number of benzene rings is 1. The van der Waals surface area contributed by atoms with Crippen molar-refractivity contribution in [1.82, 2.24) is 24.4 Å². The van der Waals surface area contributed by atoms with Gasteiger partial charge in [0.15, 0.2) is 5.82 Å². The largest absolute Gasteiger partial charge is 0.339 e. The fraction of sp³-hybridized carbons (Fsp3) is 0.333. The zero-order valence-corrected chi connectivity index (χ0v) is 15.5. The Balaban J connectivity index is 1.46. The van der Waals surface area contributed by atoms with Crippen LogP contribution in [0.15, 0.2) is 55.1 Å². The molecule has 1 aliphatic rings. The first-order chi connectivity index (χ1) is 13.3. The molecule has 2 aromatic heterocycles. The van der Waals surface area contributed by atoms with E-state index in [1.807, 2.05) is 52.2 Å². The summed E-state index contributed by atoms with van der Waals surface area (Å²) in [6.07, 6.45) is 10.00. The first-order valence-electron chi connectivity index (χ1n) is 9.45. The molecule has 1 saturated heterocycles. The van der Waals surface area contributed by atoms with E-state index in [1.165, 1.54) is 0 Å². The highest BCUT2D eigenvalue weighted by Crippen LogP contribution is 2.27. The second-order valence-corrected chi connectivity index (χ2v) is 6.80. The van der Waals surface area contributed by atoms with Gasteiger partial charge in [-0.05, 0) is 25.0 Å². The minimum absolute atomic E-state index is 0.111. The van der Waals surface area contributed by atoms with E-state index in [4.69, 9.17) is 4.98 Å². The van der Waals surface area contributed by atoms with Crippen LogP contribution in [-0.4, -0.2) is 43.4 Å². The van der Waals surface area contributed by atoms with E-state index in [0.29, 0.717) is 5.92 Å². The summed E-state index contributed by atoms with van der Waals surface area (Å²) in [4.78, 5) is 28.1. The molecule has 138 valence electrons. The highest BCUT2D eigenvalue weighted by Gasteiger charge is 2.25. The lowest BCUT2D eigenvalue weighted by atomic mass is 9.93. The summed E-state index contributed by atoms with van der Waals surface area (Å²) in [5.74, 6) is 2.22. The van der Waals surface area contributed by atoms with Crippen molar-refractivity contribution in [3.63, 3.8) is 0 Å². The predicted molar refractivity (Wildman–Crippen MR) is 103 cm³/mol. The number of piperidine rings is 1. The normalized spacial score (nSPS) is 15.1. The molecule has 0 aliphatic carbocycles. The van der Waals surface area contributed by atoms with Gasteiger partial charge in [-0.2, -0.15) is 0 Å². The summed E-state index contributed by atoms with van der Waals surface area (Å²) < 4.78 is 1.99. The van der Waals surface area contributed by atoms with Gasteiger partial charge in [-0.1, -0.05) is 25.1 Å². The van der Waals surface area contributed by atoms with E-state index in [1.54, 1.807) is 12.4 Å². The van der Waals surface area contributed by atoms with Crippen molar-refractivity contribution in [2.75, 3.05) is 13.1 Å². The minimum Gasteiger partial charge on any atom is -0.339 e. The number of aromatic nitrogens is 4. The van der Waals surface area contributed by atoms with E-state index < -0.39 is 0 Å². The smallest absolute Gasteiger partial charge is 0.253 e. The van der Waals surface area contributed by atoms with Crippen LogP contribution in [0.25, 0.3) is 5.82 Å². The molecule has 0 N–H and O–H groups in total. The summed E-state index contributed by atoms with van der Waals surface area (Å²) in [6.45, 7) is 3.57. The molecule has 0 radical (unpaired) electrons. The number of carbonyl (C=O) groups excluding carboxylic acids is 1. The molecule has 4 rings (SSSR count). The maximum atomic E-state index is 12.6. The van der Waals surface area contributed by atoms with Gasteiger partial charge < -0.3 is 4.90 Å². The average molecular weight is 361 g/mol. The van der Waals surface area contributed by atoms with Crippen LogP contribution in [-0.2, 0) is 6.42 Å². The molecule has 27 heavy (non-hydrogen) atoms. The van der Waals surface area contributed by atoms with Crippen molar-refractivity contribution < 1.29 is 4.79 Å². The van der Waals surface area contributed by atoms with Crippen molar-refractivity contribution >= 4 is 5.91 Å². The maximum absolute atomic E-state index is 12.6. The van der Waals surface area contributed by atoms with Gasteiger partial charge in [0.25, 0.3) is 5.91 Å². The van der Waals surface area contributed by atoms with Crippen LogP contribution >= 0.6 is 0 Å². The Hall–Kier alpha value is -3.02. The van der Waals surface area contributed by atoms with Gasteiger partial charge in [0.1, 0.15) is 5.82 Å². The molecule has 6 nitrogen and oxygen atoms in total. The fourth-order valence-corrected chi connectivity index (χ4v) is 3.63. The molecular weight excluding hydrogens is 338 g/mol. The van der Waals surface area contributed by atoms with Crippen LogP contribution < -0.4 is 0 Å². The molecule has 0 unspecified atom stereocenters. The average Bonchev–Trinajstić information content (AvgIpc) is 3.23. The number of hydrogen-bond donors (Lipinski definition) is 0. The highest BCUT2D eigenvalue weighted by molar-refractivity contribution is 5.94. The van der Waals surface area contributed by atoms with Gasteiger partial charge >= 0.3 is 0 Å². The molecule has 3 heterocycles. The second kappa shape index (κ2) is 7.70. The molecule has 0 spiro atoms. The highest BCUT2D eigenvalue weighted by atomic mass is 16.2. The van der Waals surface area contributed by atoms with Crippen molar-refractivity contribution in [2.24, 2.45) is 0 Å². The molecule has 0 atom stereocenters. The third-order valence-electron chi connectivity index (χ3n) is 5.14. The molecule has 1 amide bonds. The Labute approximate surface area is 158 Å². The van der Waals surface area contributed by atoms with Crippen LogP contribution in [0.5, 0.6) is 0 Å². The molecule has 1 fully saturated rings. The molecular formula is C21H23N5O. The molecule has 6 heteroatoms. The number of rotatable bonds is 4. The van der Waals surface area contributed by atoms with Gasteiger partial charge in [-0.15, -0.1) is 0 Å². The van der Waals surface area contributed by atoms with E-state index >= 15 is 0 Å². The standard InChI is InChI=1S/C21H23N5O/c1-2-19-23-10-13-26(19)20-15-22-14-18(24-20)16-8-11-25(12-9-16)21(27)17-6-4-3-5-7-17/h3-7,10,13-16H,2,8-9,11-12H2,1H3. The molecule has 1 aliphatic heterocycles. The summed E-state index contributed by atoms with van der Waals surface area (Å²) in [7, 11) is 0. The third kappa shape index (κ3) is 3.60. The quantitative estimate of drug-likeness (QED) is 0.716. The Morgan fingerprint density at radius 3 is 2.67 bits per heavy atom. The van der Waals surface area contributed by atoms with Crippen LogP contribution in [0, 0.1) is 0 Å². The fourth-order valence-electron chi connectivity index (χ4n) is 3.63. The second-order valence-electron chi connectivity index (χ2n) is 6.80. The Kier molecular flexibility index (Phi) is 4.96. The number of nitrogens with zero attached hydrogens (tertiary/aromatic N) is 5. The molecule has 3 aromatic rings. The van der Waals surface area contributed by atoms with E-state index in [9.17, 15) is 4.79 Å². The van der Waals surface area contributed by atoms with Gasteiger partial charge in [-0.3, -0.25) is 14.3 Å². The van der Waals surface area contributed by atoms with E-state index in [0.717, 1.165) is 55.3 Å². The van der Waals surface area contributed by atoms with Crippen molar-refractivity contribution in [3.8, 4) is 5.82 Å². The van der Waals surface area contributed by atoms with Crippen LogP contribution in [0.2, 0.25) is 0 Å². The predicted octanol–water partition coefficient (Wildman–Crippen LogP) is 3.24. The van der Waals surface area contributed by atoms with Crippen molar-refractivity contribution in [1.29, 1.82) is 0 Å². The number of carbonyl (C=O) groups is 1. The maximum Gasteiger partial charge on any atom is 0.253 e. The number of likely N-dealkylation sites (tertiary alicyclic amines) is 1. The lowest BCUT2D eigenvalue weighted by Gasteiger charge is -2.31. The number of hydrogen-bond acceptors (Lipinski definition) is 4. The van der Waals surface area contributed by atoms with Crippen molar-refractivity contribution in [2.45, 2.75) is 32.1 Å². The van der Waals surface area contributed by atoms with Crippen molar-refractivity contribution in [3.05, 3.63) is 72.2 Å². The van der Waals surface area contributed by atoms with Gasteiger partial charge in [0, 0.05) is 49.6 Å². The summed E-state index contributed by atoms with van der Waals surface area (Å²) >= 11 is 0. The molecule has 1 aromatic carbocycles. The lowest BCUT2D eigenvalue weighted by Crippen LogP contribution is -2.38. The number of aryl methyl sites for hydroxylation is 1. The number of imidazole rings is 1. The Morgan fingerprint density at radius 1 is 1.15 bits per heavy atom. The SMILES string of the molecule is CCc1nccn1-c1cncc(C2CCN(C(=O)c3ccccc3)CC2)n1. The third-order valence-corrected chi connectivity index (χ3v) is 5.14. The number of amides is 1. The van der Waals surface area contributed by atoms with E-state index in [2.05, 4.69) is 16.9 Å². The monoisotopic (exact) mass is 361 g/mol. The minimum atomic E-state index is 0.111. The van der Waals surface area contributed by atoms with Crippen LogP contribution in [0.4, 0.5) is 0 Å². The lowest BCUT2D eigenvalue weighted by molar-refractivity contribution is 0.0712. The van der Waals surface area contributed by atoms with Gasteiger partial charge in [0.2, 0.25) is 0 Å². The van der Waals surface area contributed by atoms with Gasteiger partial charge in [0.05, 0.1) is 11.9 Å². The van der Waals surface area contributed by atoms with E-state index in [-0.39, 0.29) is 5.91 Å². The first-order valence-corrected chi connectivity index (χ1v) is 9.45.